The van der Waals surface area contributed by atoms with E-state index in [-0.39, 0.29) is 17.6 Å². The van der Waals surface area contributed by atoms with Crippen LogP contribution in [0, 0.1) is 0 Å². The molecule has 1 atom stereocenters. The molecule has 2 aromatic heterocycles. The van der Waals surface area contributed by atoms with Crippen LogP contribution in [0.2, 0.25) is 0 Å². The third-order valence-corrected chi connectivity index (χ3v) is 5.95. The second-order valence-electron chi connectivity index (χ2n) is 6.03. The quantitative estimate of drug-likeness (QED) is 0.470. The third-order valence-electron chi connectivity index (χ3n) is 4.06. The van der Waals surface area contributed by atoms with E-state index in [1.807, 2.05) is 24.3 Å². The zero-order chi connectivity index (χ0) is 20.2. The number of nitrogens with one attached hydrogen (secondary N) is 2. The first-order valence-electron chi connectivity index (χ1n) is 8.65. The summed E-state index contributed by atoms with van der Waals surface area (Å²) in [4.78, 5) is 24.4. The molecule has 150 valence electrons. The Hall–Kier alpha value is -3.05. The van der Waals surface area contributed by atoms with Crippen LogP contribution in [0.1, 0.15) is 21.6 Å². The maximum Gasteiger partial charge on any atom is 0.279 e. The molecule has 3 aromatic rings. The van der Waals surface area contributed by atoms with Crippen LogP contribution in [0.4, 0.5) is 0 Å². The fourth-order valence-corrected chi connectivity index (χ4v) is 3.98. The molecule has 0 radical (unpaired) electrons. The highest BCUT2D eigenvalue weighted by Crippen LogP contribution is 2.35. The maximum atomic E-state index is 12.0. The first kappa shape index (κ1) is 19.3. The Kier molecular flexibility index (Phi) is 5.67. The summed E-state index contributed by atoms with van der Waals surface area (Å²) < 4.78 is 13.4. The topological polar surface area (TPSA) is 107 Å². The molecule has 1 aliphatic rings. The molecule has 1 aromatic carbocycles. The second kappa shape index (κ2) is 8.53. The van der Waals surface area contributed by atoms with Crippen LogP contribution in [0.3, 0.4) is 0 Å². The third kappa shape index (κ3) is 4.35. The summed E-state index contributed by atoms with van der Waals surface area (Å²) in [5, 5.41) is 10.7. The maximum absolute atomic E-state index is 12.0. The largest absolute Gasteiger partial charge is 0.485 e. The summed E-state index contributed by atoms with van der Waals surface area (Å²) in [5.74, 6) is 1.32. The summed E-state index contributed by atoms with van der Waals surface area (Å²) in [6.45, 7) is 0.322. The van der Waals surface area contributed by atoms with E-state index in [1.165, 1.54) is 23.1 Å². The molecule has 0 bridgehead atoms. The number of nitrogens with zero attached hydrogens (tertiary/aromatic N) is 3. The Morgan fingerprint density at radius 2 is 2.03 bits per heavy atom. The number of amides is 2. The first-order chi connectivity index (χ1) is 14.1. The lowest BCUT2D eigenvalue weighted by Crippen LogP contribution is -2.42. The van der Waals surface area contributed by atoms with E-state index in [2.05, 4.69) is 21.0 Å². The number of thiophene rings is 1. The fraction of sp³-hybridized carbons (Fsp3) is 0.222. The zero-order valence-electron chi connectivity index (χ0n) is 15.3. The van der Waals surface area contributed by atoms with E-state index in [1.54, 1.807) is 29.1 Å². The van der Waals surface area contributed by atoms with Gasteiger partial charge in [-0.05, 0) is 23.6 Å². The van der Waals surface area contributed by atoms with Gasteiger partial charge in [-0.1, -0.05) is 30.0 Å². The van der Waals surface area contributed by atoms with E-state index in [4.69, 9.17) is 9.47 Å². The molecule has 0 saturated carbocycles. The Morgan fingerprint density at radius 1 is 1.21 bits per heavy atom. The normalized spacial score (nSPS) is 15.0. The molecule has 2 amide bonds. The number of hydrogen-bond donors (Lipinski definition) is 2. The van der Waals surface area contributed by atoms with Crippen molar-refractivity contribution in [3.05, 3.63) is 52.5 Å². The van der Waals surface area contributed by atoms with Crippen molar-refractivity contribution >= 4 is 34.9 Å². The predicted octanol–water partition coefficient (Wildman–Crippen LogP) is 1.94. The van der Waals surface area contributed by atoms with Crippen molar-refractivity contribution in [1.82, 2.24) is 25.6 Å². The summed E-state index contributed by atoms with van der Waals surface area (Å²) in [5.41, 5.74) is 4.77. The second-order valence-corrected chi connectivity index (χ2v) is 7.92. The molecule has 0 spiro atoms. The minimum atomic E-state index is -0.393. The van der Waals surface area contributed by atoms with Gasteiger partial charge in [0, 0.05) is 7.05 Å². The van der Waals surface area contributed by atoms with Crippen LogP contribution in [0.5, 0.6) is 11.5 Å². The Balaban J connectivity index is 1.31. The van der Waals surface area contributed by atoms with Crippen LogP contribution in [0.25, 0.3) is 0 Å². The molecule has 4 rings (SSSR count). The van der Waals surface area contributed by atoms with Gasteiger partial charge in [0.15, 0.2) is 28.6 Å². The van der Waals surface area contributed by atoms with Crippen LogP contribution in [-0.4, -0.2) is 38.9 Å². The Morgan fingerprint density at radius 3 is 2.83 bits per heavy atom. The Labute approximate surface area is 174 Å². The number of hydrazine groups is 1. The van der Waals surface area contributed by atoms with Gasteiger partial charge >= 0.3 is 0 Å². The lowest BCUT2D eigenvalue weighted by molar-refractivity contribution is -0.119. The molecule has 0 fully saturated rings. The number of fused-ring (bicyclic) bond motifs is 1. The van der Waals surface area contributed by atoms with Crippen LogP contribution in [-0.2, 0) is 11.8 Å². The molecule has 9 nitrogen and oxygen atoms in total. The number of aromatic nitrogens is 3. The number of hydrogen-bond acceptors (Lipinski definition) is 8. The first-order valence-corrected chi connectivity index (χ1v) is 10.5. The molecule has 0 aliphatic carbocycles. The van der Waals surface area contributed by atoms with Crippen molar-refractivity contribution in [2.75, 3.05) is 12.4 Å². The highest BCUT2D eigenvalue weighted by Gasteiger charge is 2.27. The average molecular weight is 431 g/mol. The molecule has 1 unspecified atom stereocenters. The summed E-state index contributed by atoms with van der Waals surface area (Å²) in [7, 11) is 1.80. The van der Waals surface area contributed by atoms with Crippen molar-refractivity contribution < 1.29 is 19.1 Å². The number of ether oxygens (including phenoxy) is 2. The summed E-state index contributed by atoms with van der Waals surface area (Å²) >= 11 is 2.50. The van der Waals surface area contributed by atoms with Gasteiger partial charge in [-0.15, -0.1) is 21.5 Å². The highest BCUT2D eigenvalue weighted by atomic mass is 32.2. The van der Waals surface area contributed by atoms with Crippen LogP contribution in [0.15, 0.2) is 46.9 Å². The minimum absolute atomic E-state index is 0.0710. The fourth-order valence-electron chi connectivity index (χ4n) is 2.64. The van der Waals surface area contributed by atoms with E-state index >= 15 is 0 Å². The van der Waals surface area contributed by atoms with E-state index < -0.39 is 6.10 Å². The lowest BCUT2D eigenvalue weighted by atomic mass is 10.2. The van der Waals surface area contributed by atoms with Gasteiger partial charge in [0.25, 0.3) is 5.91 Å². The number of carbonyl (C=O) groups is 2. The average Bonchev–Trinajstić information content (AvgIpc) is 3.40. The number of carbonyl (C=O) groups excluding carboxylic acids is 2. The van der Waals surface area contributed by atoms with Gasteiger partial charge in [0.2, 0.25) is 5.91 Å². The Bertz CT molecular complexity index is 1020. The van der Waals surface area contributed by atoms with Crippen molar-refractivity contribution in [1.29, 1.82) is 0 Å². The minimum Gasteiger partial charge on any atom is -0.485 e. The molecule has 3 heterocycles. The number of benzene rings is 1. The summed E-state index contributed by atoms with van der Waals surface area (Å²) in [6.07, 6.45) is -0.393. The van der Waals surface area contributed by atoms with Crippen LogP contribution < -0.4 is 20.3 Å². The molecular weight excluding hydrogens is 414 g/mol. The number of para-hydroxylation sites is 2. The standard InChI is InChI=1S/C18H17N5O4S2/c1-23-16(13-9-26-11-5-2-3-6-12(11)27-13)20-22-18(23)29-10-15(24)19-21-17(25)14-7-4-8-28-14/h2-8,13H,9-10H2,1H3,(H,19,24)(H,21,25). The SMILES string of the molecule is Cn1c(SCC(=O)NNC(=O)c2cccs2)nnc1C1COc2ccccc2O1. The lowest BCUT2D eigenvalue weighted by Gasteiger charge is -2.25. The van der Waals surface area contributed by atoms with Gasteiger partial charge in [0.05, 0.1) is 10.6 Å². The highest BCUT2D eigenvalue weighted by molar-refractivity contribution is 7.99. The van der Waals surface area contributed by atoms with Crippen LogP contribution >= 0.6 is 23.1 Å². The molecule has 0 saturated heterocycles. The van der Waals surface area contributed by atoms with E-state index in [0.717, 1.165) is 0 Å². The molecule has 1 aliphatic heterocycles. The molecule has 11 heteroatoms. The van der Waals surface area contributed by atoms with Gasteiger partial charge in [0.1, 0.15) is 6.61 Å². The summed E-state index contributed by atoms with van der Waals surface area (Å²) in [6, 6.07) is 10.9. The smallest absolute Gasteiger partial charge is 0.279 e. The number of thioether (sulfide) groups is 1. The van der Waals surface area contributed by atoms with Crippen molar-refractivity contribution in [3.8, 4) is 11.5 Å². The van der Waals surface area contributed by atoms with E-state index in [0.29, 0.717) is 34.0 Å². The molecule has 2 N–H and O–H groups in total. The molecule has 29 heavy (non-hydrogen) atoms. The zero-order valence-corrected chi connectivity index (χ0v) is 17.0. The van der Waals surface area contributed by atoms with Gasteiger partial charge < -0.3 is 14.0 Å². The monoisotopic (exact) mass is 431 g/mol. The number of rotatable bonds is 5. The van der Waals surface area contributed by atoms with Crippen molar-refractivity contribution in [2.24, 2.45) is 7.05 Å². The van der Waals surface area contributed by atoms with Crippen molar-refractivity contribution in [2.45, 2.75) is 11.3 Å². The van der Waals surface area contributed by atoms with Gasteiger partial charge in [-0.2, -0.15) is 0 Å². The van der Waals surface area contributed by atoms with Crippen molar-refractivity contribution in [3.63, 3.8) is 0 Å². The van der Waals surface area contributed by atoms with Gasteiger partial charge in [-0.25, -0.2) is 0 Å². The van der Waals surface area contributed by atoms with E-state index in [9.17, 15) is 9.59 Å². The van der Waals surface area contributed by atoms with Gasteiger partial charge in [-0.3, -0.25) is 20.4 Å². The predicted molar refractivity (Wildman–Crippen MR) is 107 cm³/mol. The molecular formula is C18H17N5O4S2.